The van der Waals surface area contributed by atoms with Crippen LogP contribution < -0.4 is 15.8 Å². The Kier molecular flexibility index (Phi) is 6.74. The largest absolute Gasteiger partial charge is 0.480 e. The lowest BCUT2D eigenvalue weighted by molar-refractivity contribution is -0.146. The highest BCUT2D eigenvalue weighted by molar-refractivity contribution is 7.18. The number of anilines is 1. The van der Waals surface area contributed by atoms with Crippen LogP contribution in [-0.2, 0) is 15.0 Å². The number of nitrogens with zero attached hydrogens (tertiary/aromatic N) is 4. The van der Waals surface area contributed by atoms with Crippen LogP contribution in [0.3, 0.4) is 0 Å². The maximum absolute atomic E-state index is 13.5. The SMILES string of the molecule is COc1ncc(NC(=O)C(=O)N2C[C@@H](C)CC[C@@H]2c2ccc3sc([C@@]45CCC(C4)N(C)C5)nc3c2)cc1C(N)=O. The summed E-state index contributed by atoms with van der Waals surface area (Å²) in [5.41, 5.74) is 7.73. The molecule has 1 unspecified atom stereocenters. The molecule has 2 saturated heterocycles. The second-order valence-corrected chi connectivity index (χ2v) is 12.6. The number of piperidine rings is 2. The molecular formula is C29H34N6O4S. The third-order valence-corrected chi connectivity index (χ3v) is 10.1. The highest BCUT2D eigenvalue weighted by Crippen LogP contribution is 2.50. The van der Waals surface area contributed by atoms with E-state index in [4.69, 9.17) is 15.5 Å². The molecule has 210 valence electrons. The zero-order valence-corrected chi connectivity index (χ0v) is 23.8. The van der Waals surface area contributed by atoms with Crippen molar-refractivity contribution < 1.29 is 19.1 Å². The van der Waals surface area contributed by atoms with Crippen LogP contribution in [0.4, 0.5) is 5.69 Å². The minimum atomic E-state index is -0.793. The first-order chi connectivity index (χ1) is 19.2. The van der Waals surface area contributed by atoms with Gasteiger partial charge in [0.15, 0.2) is 0 Å². The summed E-state index contributed by atoms with van der Waals surface area (Å²) in [6.07, 6.45) is 6.64. The Balaban J connectivity index is 1.24. The third kappa shape index (κ3) is 4.60. The second kappa shape index (κ2) is 10.1. The maximum Gasteiger partial charge on any atom is 0.313 e. The predicted octanol–water partition coefficient (Wildman–Crippen LogP) is 3.47. The molecule has 11 heteroatoms. The number of carbonyl (C=O) groups excluding carboxylic acids is 3. The predicted molar refractivity (Wildman–Crippen MR) is 152 cm³/mol. The number of carbonyl (C=O) groups is 3. The fourth-order valence-electron chi connectivity index (χ4n) is 6.76. The first-order valence-corrected chi connectivity index (χ1v) is 14.6. The molecule has 2 bridgehead atoms. The summed E-state index contributed by atoms with van der Waals surface area (Å²) >= 11 is 1.79. The topological polar surface area (TPSA) is 131 Å². The first-order valence-electron chi connectivity index (χ1n) is 13.7. The third-order valence-electron chi connectivity index (χ3n) is 8.85. The van der Waals surface area contributed by atoms with Gasteiger partial charge in [-0.2, -0.15) is 0 Å². The minimum absolute atomic E-state index is 0.0186. The quantitative estimate of drug-likeness (QED) is 0.455. The number of benzene rings is 1. The number of nitrogens with one attached hydrogen (secondary N) is 1. The van der Waals surface area contributed by atoms with Gasteiger partial charge in [0.1, 0.15) is 10.6 Å². The van der Waals surface area contributed by atoms with Gasteiger partial charge >= 0.3 is 11.8 Å². The van der Waals surface area contributed by atoms with Crippen molar-refractivity contribution in [3.63, 3.8) is 0 Å². The second-order valence-electron chi connectivity index (χ2n) is 11.6. The van der Waals surface area contributed by atoms with E-state index in [0.29, 0.717) is 12.6 Å². The van der Waals surface area contributed by atoms with E-state index >= 15 is 0 Å². The molecule has 0 spiro atoms. The normalized spacial score (nSPS) is 26.3. The molecule has 0 radical (unpaired) electrons. The molecule has 10 nitrogen and oxygen atoms in total. The van der Waals surface area contributed by atoms with E-state index in [0.717, 1.165) is 35.2 Å². The Morgan fingerprint density at radius 1 is 1.20 bits per heavy atom. The summed E-state index contributed by atoms with van der Waals surface area (Å²) in [7, 11) is 3.58. The number of likely N-dealkylation sites (tertiary alicyclic amines) is 2. The van der Waals surface area contributed by atoms with Crippen LogP contribution >= 0.6 is 11.3 Å². The van der Waals surface area contributed by atoms with Crippen LogP contribution in [0.1, 0.15) is 66.0 Å². The molecule has 6 rings (SSSR count). The van der Waals surface area contributed by atoms with Crippen molar-refractivity contribution in [2.24, 2.45) is 11.7 Å². The fourth-order valence-corrected chi connectivity index (χ4v) is 7.93. The molecule has 3 aromatic rings. The minimum Gasteiger partial charge on any atom is -0.480 e. The van der Waals surface area contributed by atoms with Crippen molar-refractivity contribution in [3.8, 4) is 5.88 Å². The van der Waals surface area contributed by atoms with Crippen molar-refractivity contribution in [2.75, 3.05) is 32.6 Å². The van der Waals surface area contributed by atoms with E-state index in [2.05, 4.69) is 47.4 Å². The summed E-state index contributed by atoms with van der Waals surface area (Å²) in [6.45, 7) is 3.62. The molecule has 1 aromatic carbocycles. The number of hydrogen-bond acceptors (Lipinski definition) is 8. The van der Waals surface area contributed by atoms with Crippen LogP contribution in [0.15, 0.2) is 30.5 Å². The molecule has 3 aliphatic rings. The van der Waals surface area contributed by atoms with Crippen molar-refractivity contribution in [2.45, 2.75) is 56.5 Å². The molecule has 2 aromatic heterocycles. The highest BCUT2D eigenvalue weighted by atomic mass is 32.1. The van der Waals surface area contributed by atoms with Gasteiger partial charge in [0.2, 0.25) is 5.88 Å². The average molecular weight is 563 g/mol. The molecular weight excluding hydrogens is 528 g/mol. The van der Waals surface area contributed by atoms with Crippen LogP contribution in [-0.4, -0.2) is 70.8 Å². The van der Waals surface area contributed by atoms with Gasteiger partial charge in [0, 0.05) is 24.5 Å². The fraction of sp³-hybridized carbons (Fsp3) is 0.483. The summed E-state index contributed by atoms with van der Waals surface area (Å²) in [5.74, 6) is -1.85. The van der Waals surface area contributed by atoms with E-state index < -0.39 is 17.7 Å². The van der Waals surface area contributed by atoms with Gasteiger partial charge in [-0.05, 0) is 68.8 Å². The number of pyridine rings is 1. The van der Waals surface area contributed by atoms with Crippen molar-refractivity contribution in [1.82, 2.24) is 19.8 Å². The Labute approximate surface area is 236 Å². The monoisotopic (exact) mass is 562 g/mol. The standard InChI is InChI=1S/C29H34N6O4S/c1-16-4-6-22(35(14-16)27(38)25(37)32-18-11-20(24(30)36)26(39-3)31-13-18)17-5-7-23-21(10-17)33-28(40-23)29-9-8-19(12-29)34(2)15-29/h5,7,10-11,13,16,19,22H,4,6,8-9,12,14-15H2,1-3H3,(H2,30,36)(H,32,37)/t16-,19?,22+,29-/m0/s1. The van der Waals surface area contributed by atoms with Gasteiger partial charge in [-0.25, -0.2) is 9.97 Å². The Morgan fingerprint density at radius 3 is 2.73 bits per heavy atom. The van der Waals surface area contributed by atoms with Crippen molar-refractivity contribution >= 4 is 45.0 Å². The number of hydrogen-bond donors (Lipinski definition) is 2. The van der Waals surface area contributed by atoms with Gasteiger partial charge in [0.25, 0.3) is 5.91 Å². The molecule has 3 fully saturated rings. The Bertz CT molecular complexity index is 1500. The van der Waals surface area contributed by atoms with E-state index in [1.54, 1.807) is 16.2 Å². The maximum atomic E-state index is 13.5. The number of methoxy groups -OCH3 is 1. The molecule has 2 aliphatic heterocycles. The van der Waals surface area contributed by atoms with E-state index in [-0.39, 0.29) is 34.5 Å². The zero-order chi connectivity index (χ0) is 28.2. The lowest BCUT2D eigenvalue weighted by Crippen LogP contribution is -2.46. The number of likely N-dealkylation sites (N-methyl/N-ethyl adjacent to an activating group) is 1. The molecule has 3 N–H and O–H groups in total. The van der Waals surface area contributed by atoms with Crippen LogP contribution in [0.25, 0.3) is 10.2 Å². The lowest BCUT2D eigenvalue weighted by Gasteiger charge is -2.38. The number of thiazole rings is 1. The van der Waals surface area contributed by atoms with E-state index in [9.17, 15) is 14.4 Å². The van der Waals surface area contributed by atoms with Crippen LogP contribution in [0.2, 0.25) is 0 Å². The molecule has 1 saturated carbocycles. The summed E-state index contributed by atoms with van der Waals surface area (Å²) in [4.78, 5) is 51.6. The number of nitrogens with two attached hydrogens (primary N) is 1. The molecule has 4 heterocycles. The average Bonchev–Trinajstić information content (AvgIpc) is 3.65. The summed E-state index contributed by atoms with van der Waals surface area (Å²) in [5, 5.41) is 3.81. The lowest BCUT2D eigenvalue weighted by atomic mass is 9.88. The van der Waals surface area contributed by atoms with Crippen molar-refractivity contribution in [3.05, 3.63) is 46.6 Å². The number of fused-ring (bicyclic) bond motifs is 3. The zero-order valence-electron chi connectivity index (χ0n) is 23.0. The molecule has 3 amide bonds. The number of aromatic nitrogens is 2. The van der Waals surface area contributed by atoms with Gasteiger partial charge in [-0.1, -0.05) is 13.0 Å². The number of rotatable bonds is 5. The van der Waals surface area contributed by atoms with Gasteiger partial charge in [-0.15, -0.1) is 11.3 Å². The number of ether oxygens (including phenoxy) is 1. The Hall–Kier alpha value is -3.57. The smallest absolute Gasteiger partial charge is 0.313 e. The molecule has 40 heavy (non-hydrogen) atoms. The van der Waals surface area contributed by atoms with Gasteiger partial charge in [-0.3, -0.25) is 14.4 Å². The summed E-state index contributed by atoms with van der Waals surface area (Å²) < 4.78 is 6.21. The van der Waals surface area contributed by atoms with E-state index in [1.165, 1.54) is 43.6 Å². The Morgan fingerprint density at radius 2 is 2.02 bits per heavy atom. The molecule has 1 aliphatic carbocycles. The van der Waals surface area contributed by atoms with Gasteiger partial charge < -0.3 is 25.6 Å². The molecule has 4 atom stereocenters. The highest BCUT2D eigenvalue weighted by Gasteiger charge is 2.50. The van der Waals surface area contributed by atoms with E-state index in [1.807, 2.05) is 0 Å². The summed E-state index contributed by atoms with van der Waals surface area (Å²) in [6, 6.07) is 8.08. The number of amides is 3. The van der Waals surface area contributed by atoms with Crippen LogP contribution in [0.5, 0.6) is 5.88 Å². The number of primary amides is 1. The van der Waals surface area contributed by atoms with Crippen LogP contribution in [0, 0.1) is 5.92 Å². The first kappa shape index (κ1) is 26.6. The van der Waals surface area contributed by atoms with Crippen molar-refractivity contribution in [1.29, 1.82) is 0 Å². The van der Waals surface area contributed by atoms with Gasteiger partial charge in [0.05, 0.1) is 35.3 Å².